The van der Waals surface area contributed by atoms with Gasteiger partial charge in [0.15, 0.2) is 0 Å². The maximum absolute atomic E-state index is 13.7. The van der Waals surface area contributed by atoms with E-state index < -0.39 is 0 Å². The molecule has 0 unspecified atom stereocenters. The van der Waals surface area contributed by atoms with Gasteiger partial charge in [-0.2, -0.15) is 0 Å². The van der Waals surface area contributed by atoms with Crippen molar-refractivity contribution >= 4 is 16.8 Å². The van der Waals surface area contributed by atoms with Crippen LogP contribution in [-0.2, 0) is 6.54 Å². The number of carbonyl (C=O) groups is 1. The number of benzene rings is 3. The van der Waals surface area contributed by atoms with Gasteiger partial charge >= 0.3 is 0 Å². The van der Waals surface area contributed by atoms with Crippen LogP contribution in [0, 0.1) is 6.92 Å². The molecule has 0 spiro atoms. The van der Waals surface area contributed by atoms with Gasteiger partial charge in [0.05, 0.1) is 16.8 Å². The fourth-order valence-corrected chi connectivity index (χ4v) is 4.39. The summed E-state index contributed by atoms with van der Waals surface area (Å²) in [5.74, 6) is 0.0968. The lowest BCUT2D eigenvalue weighted by atomic mass is 10.0. The Kier molecular flexibility index (Phi) is 5.70. The van der Waals surface area contributed by atoms with Crippen LogP contribution >= 0.6 is 0 Å². The van der Waals surface area contributed by atoms with Crippen molar-refractivity contribution in [2.75, 3.05) is 26.2 Å². The molecule has 160 valence electrons. The zero-order valence-electron chi connectivity index (χ0n) is 18.4. The zero-order valence-corrected chi connectivity index (χ0v) is 18.4. The van der Waals surface area contributed by atoms with Crippen LogP contribution in [0.25, 0.3) is 22.2 Å². The van der Waals surface area contributed by atoms with E-state index in [4.69, 9.17) is 4.98 Å². The molecule has 1 amide bonds. The molecule has 0 radical (unpaired) electrons. The van der Waals surface area contributed by atoms with Crippen LogP contribution in [-0.4, -0.2) is 46.9 Å². The third kappa shape index (κ3) is 4.27. The highest BCUT2D eigenvalue weighted by atomic mass is 16.2. The molecule has 0 aliphatic carbocycles. The number of nitrogens with zero attached hydrogens (tertiary/aromatic N) is 3. The van der Waals surface area contributed by atoms with Crippen LogP contribution in [0.5, 0.6) is 0 Å². The average molecular weight is 422 g/mol. The van der Waals surface area contributed by atoms with Crippen LogP contribution in [0.2, 0.25) is 0 Å². The topological polar surface area (TPSA) is 36.4 Å². The highest BCUT2D eigenvalue weighted by molar-refractivity contribution is 6.07. The molecular weight excluding hydrogens is 394 g/mol. The standard InChI is InChI=1S/C28H27N3O/c1-21-12-13-26-24(18-21)25(19-27(29-26)23-10-6-3-7-11-23)28(32)31-16-14-30(15-17-31)20-22-8-4-2-5-9-22/h2-13,18-19H,14-17,20H2,1H3. The van der Waals surface area contributed by atoms with Crippen molar-refractivity contribution in [3.05, 3.63) is 102 Å². The van der Waals surface area contributed by atoms with E-state index in [9.17, 15) is 4.79 Å². The predicted molar refractivity (Wildman–Crippen MR) is 130 cm³/mol. The molecule has 1 aliphatic heterocycles. The van der Waals surface area contributed by atoms with Crippen LogP contribution in [0.15, 0.2) is 84.9 Å². The normalized spacial score (nSPS) is 14.6. The molecule has 0 atom stereocenters. The first-order valence-corrected chi connectivity index (χ1v) is 11.2. The SMILES string of the molecule is Cc1ccc2nc(-c3ccccc3)cc(C(=O)N3CCN(Cc4ccccc4)CC3)c2c1. The minimum Gasteiger partial charge on any atom is -0.336 e. The predicted octanol–water partition coefficient (Wildman–Crippen LogP) is 5.17. The third-order valence-electron chi connectivity index (χ3n) is 6.17. The first-order chi connectivity index (χ1) is 15.7. The van der Waals surface area contributed by atoms with Crippen LogP contribution < -0.4 is 0 Å². The molecular formula is C28H27N3O. The number of piperazine rings is 1. The summed E-state index contributed by atoms with van der Waals surface area (Å²) < 4.78 is 0. The van der Waals surface area contributed by atoms with Crippen molar-refractivity contribution in [3.8, 4) is 11.3 Å². The van der Waals surface area contributed by atoms with Gasteiger partial charge in [0.25, 0.3) is 5.91 Å². The number of fused-ring (bicyclic) bond motifs is 1. The number of amides is 1. The zero-order chi connectivity index (χ0) is 21.9. The Hall–Kier alpha value is -3.50. The second-order valence-electron chi connectivity index (χ2n) is 8.50. The van der Waals surface area contributed by atoms with E-state index in [2.05, 4.69) is 48.2 Å². The molecule has 1 fully saturated rings. The summed E-state index contributed by atoms with van der Waals surface area (Å²) in [5.41, 5.74) is 5.92. The second-order valence-corrected chi connectivity index (χ2v) is 8.50. The van der Waals surface area contributed by atoms with Gasteiger partial charge in [-0.1, -0.05) is 72.3 Å². The van der Waals surface area contributed by atoms with Gasteiger partial charge in [0.2, 0.25) is 0 Å². The second kappa shape index (κ2) is 8.93. The number of aryl methyl sites for hydroxylation is 1. The fraction of sp³-hybridized carbons (Fsp3) is 0.214. The molecule has 3 aromatic carbocycles. The van der Waals surface area contributed by atoms with Gasteiger partial charge in [0.1, 0.15) is 0 Å². The van der Waals surface area contributed by atoms with Gasteiger partial charge < -0.3 is 4.90 Å². The minimum atomic E-state index is 0.0968. The van der Waals surface area contributed by atoms with E-state index in [0.717, 1.165) is 66.0 Å². The summed E-state index contributed by atoms with van der Waals surface area (Å²) in [6.45, 7) is 6.23. The highest BCUT2D eigenvalue weighted by Gasteiger charge is 2.24. The largest absolute Gasteiger partial charge is 0.336 e. The number of hydrogen-bond acceptors (Lipinski definition) is 3. The Morgan fingerprint density at radius 1 is 0.844 bits per heavy atom. The Morgan fingerprint density at radius 3 is 2.25 bits per heavy atom. The van der Waals surface area contributed by atoms with E-state index >= 15 is 0 Å². The first kappa shape index (κ1) is 20.4. The highest BCUT2D eigenvalue weighted by Crippen LogP contribution is 2.27. The molecule has 4 nitrogen and oxygen atoms in total. The lowest BCUT2D eigenvalue weighted by molar-refractivity contribution is 0.0630. The Labute approximate surface area is 189 Å². The molecule has 1 aromatic heterocycles. The molecule has 4 aromatic rings. The van der Waals surface area contributed by atoms with E-state index in [-0.39, 0.29) is 5.91 Å². The van der Waals surface area contributed by atoms with E-state index in [1.165, 1.54) is 5.56 Å². The van der Waals surface area contributed by atoms with Crippen LogP contribution in [0.3, 0.4) is 0 Å². The van der Waals surface area contributed by atoms with E-state index in [1.807, 2.05) is 53.4 Å². The summed E-state index contributed by atoms with van der Waals surface area (Å²) >= 11 is 0. The van der Waals surface area contributed by atoms with Crippen molar-refractivity contribution in [1.29, 1.82) is 0 Å². The number of pyridine rings is 1. The maximum Gasteiger partial charge on any atom is 0.254 e. The van der Waals surface area contributed by atoms with Crippen molar-refractivity contribution in [2.45, 2.75) is 13.5 Å². The average Bonchev–Trinajstić information content (AvgIpc) is 2.85. The number of aromatic nitrogens is 1. The molecule has 0 bridgehead atoms. The summed E-state index contributed by atoms with van der Waals surface area (Å²) in [7, 11) is 0. The Balaban J connectivity index is 1.41. The van der Waals surface area contributed by atoms with Gasteiger partial charge in [-0.25, -0.2) is 4.98 Å². The summed E-state index contributed by atoms with van der Waals surface area (Å²) in [6, 6.07) is 28.7. The van der Waals surface area contributed by atoms with Crippen molar-refractivity contribution in [1.82, 2.24) is 14.8 Å². The molecule has 0 N–H and O–H groups in total. The molecule has 1 aliphatic rings. The van der Waals surface area contributed by atoms with Gasteiger partial charge in [0, 0.05) is 43.7 Å². The molecule has 4 heteroatoms. The molecule has 5 rings (SSSR count). The summed E-state index contributed by atoms with van der Waals surface area (Å²) in [5, 5.41) is 0.932. The van der Waals surface area contributed by atoms with Crippen LogP contribution in [0.1, 0.15) is 21.5 Å². The summed E-state index contributed by atoms with van der Waals surface area (Å²) in [4.78, 5) is 22.9. The van der Waals surface area contributed by atoms with Crippen molar-refractivity contribution < 1.29 is 4.79 Å². The summed E-state index contributed by atoms with van der Waals surface area (Å²) in [6.07, 6.45) is 0. The Morgan fingerprint density at radius 2 is 1.53 bits per heavy atom. The monoisotopic (exact) mass is 421 g/mol. The van der Waals surface area contributed by atoms with Gasteiger partial charge in [-0.15, -0.1) is 0 Å². The van der Waals surface area contributed by atoms with Gasteiger partial charge in [-0.3, -0.25) is 9.69 Å². The fourth-order valence-electron chi connectivity index (χ4n) is 4.39. The smallest absolute Gasteiger partial charge is 0.254 e. The number of hydrogen-bond donors (Lipinski definition) is 0. The Bertz CT molecular complexity index is 1230. The molecule has 32 heavy (non-hydrogen) atoms. The number of carbonyl (C=O) groups excluding carboxylic acids is 1. The number of rotatable bonds is 4. The van der Waals surface area contributed by atoms with E-state index in [1.54, 1.807) is 0 Å². The lowest BCUT2D eigenvalue weighted by Gasteiger charge is -2.35. The van der Waals surface area contributed by atoms with Crippen LogP contribution in [0.4, 0.5) is 0 Å². The van der Waals surface area contributed by atoms with Crippen molar-refractivity contribution in [3.63, 3.8) is 0 Å². The van der Waals surface area contributed by atoms with Crippen molar-refractivity contribution in [2.24, 2.45) is 0 Å². The molecule has 0 saturated carbocycles. The molecule has 2 heterocycles. The quantitative estimate of drug-likeness (QED) is 0.456. The first-order valence-electron chi connectivity index (χ1n) is 11.2. The molecule has 1 saturated heterocycles. The van der Waals surface area contributed by atoms with Gasteiger partial charge in [-0.05, 0) is 30.7 Å². The maximum atomic E-state index is 13.7. The third-order valence-corrected chi connectivity index (χ3v) is 6.17. The lowest BCUT2D eigenvalue weighted by Crippen LogP contribution is -2.48. The van der Waals surface area contributed by atoms with E-state index in [0.29, 0.717) is 0 Å². The minimum absolute atomic E-state index is 0.0968.